The van der Waals surface area contributed by atoms with E-state index in [0.29, 0.717) is 28.5 Å². The van der Waals surface area contributed by atoms with Crippen LogP contribution in [0.15, 0.2) is 47.0 Å². The van der Waals surface area contributed by atoms with E-state index in [2.05, 4.69) is 15.5 Å². The van der Waals surface area contributed by atoms with Crippen LogP contribution in [0, 0.1) is 13.8 Å². The zero-order valence-electron chi connectivity index (χ0n) is 14.6. The number of benzene rings is 2. The van der Waals surface area contributed by atoms with Gasteiger partial charge in [0.25, 0.3) is 11.8 Å². The van der Waals surface area contributed by atoms with E-state index in [1.807, 2.05) is 6.92 Å². The Morgan fingerprint density at radius 3 is 2.35 bits per heavy atom. The molecule has 0 saturated heterocycles. The Labute approximate surface area is 150 Å². The van der Waals surface area contributed by atoms with Crippen LogP contribution in [-0.4, -0.2) is 29.1 Å². The van der Waals surface area contributed by atoms with Gasteiger partial charge in [-0.25, -0.2) is 4.79 Å². The molecular formula is C19H17N3O4. The summed E-state index contributed by atoms with van der Waals surface area (Å²) in [4.78, 5) is 28.3. The number of anilines is 1. The lowest BCUT2D eigenvalue weighted by Gasteiger charge is -2.10. The summed E-state index contributed by atoms with van der Waals surface area (Å²) in [7, 11) is 1.31. The van der Waals surface area contributed by atoms with Gasteiger partial charge >= 0.3 is 5.97 Å². The minimum absolute atomic E-state index is 0.289. The highest BCUT2D eigenvalue weighted by molar-refractivity contribution is 6.05. The zero-order chi connectivity index (χ0) is 18.7. The number of rotatable bonds is 4. The van der Waals surface area contributed by atoms with E-state index in [-0.39, 0.29) is 5.91 Å². The zero-order valence-corrected chi connectivity index (χ0v) is 14.6. The van der Waals surface area contributed by atoms with Gasteiger partial charge in [0, 0.05) is 16.8 Å². The first kappa shape index (κ1) is 17.3. The van der Waals surface area contributed by atoms with Crippen molar-refractivity contribution in [1.82, 2.24) is 10.1 Å². The molecule has 0 atom stereocenters. The lowest BCUT2D eigenvalue weighted by molar-refractivity contribution is 0.0600. The summed E-state index contributed by atoms with van der Waals surface area (Å²) in [5.74, 6) is 0.196. The van der Waals surface area contributed by atoms with Gasteiger partial charge in [0.2, 0.25) is 0 Å². The molecule has 3 rings (SSSR count). The molecule has 26 heavy (non-hydrogen) atoms. The normalized spacial score (nSPS) is 10.4. The Morgan fingerprint density at radius 2 is 1.73 bits per heavy atom. The van der Waals surface area contributed by atoms with Crippen LogP contribution in [0.25, 0.3) is 11.5 Å². The molecule has 1 heterocycles. The number of amides is 1. The number of hydrogen-bond acceptors (Lipinski definition) is 6. The van der Waals surface area contributed by atoms with Gasteiger partial charge in [-0.1, -0.05) is 11.2 Å². The Bertz CT molecular complexity index is 961. The van der Waals surface area contributed by atoms with Crippen LogP contribution in [0.4, 0.5) is 5.69 Å². The van der Waals surface area contributed by atoms with Crippen molar-refractivity contribution in [2.45, 2.75) is 13.8 Å². The van der Waals surface area contributed by atoms with Crippen LogP contribution < -0.4 is 5.32 Å². The maximum absolute atomic E-state index is 12.5. The molecule has 0 radical (unpaired) electrons. The molecule has 0 aliphatic rings. The van der Waals surface area contributed by atoms with E-state index in [1.54, 1.807) is 49.4 Å². The number of hydrogen-bond donors (Lipinski definition) is 1. The highest BCUT2D eigenvalue weighted by atomic mass is 16.5. The van der Waals surface area contributed by atoms with Crippen LogP contribution in [0.1, 0.15) is 32.1 Å². The van der Waals surface area contributed by atoms with Gasteiger partial charge in [-0.3, -0.25) is 4.79 Å². The SMILES string of the molecule is COC(=O)c1ccc(C)c(NC(=O)c2ccc(-c3nc(C)no3)cc2)c1. The van der Waals surface area contributed by atoms with Crippen molar-refractivity contribution in [3.63, 3.8) is 0 Å². The number of aryl methyl sites for hydroxylation is 2. The molecule has 0 aliphatic heterocycles. The smallest absolute Gasteiger partial charge is 0.337 e. The van der Waals surface area contributed by atoms with Crippen molar-refractivity contribution in [3.8, 4) is 11.5 Å². The predicted octanol–water partition coefficient (Wildman–Crippen LogP) is 3.39. The third-order valence-corrected chi connectivity index (χ3v) is 3.83. The summed E-state index contributed by atoms with van der Waals surface area (Å²) in [6, 6.07) is 11.8. The Balaban J connectivity index is 1.79. The molecule has 0 fully saturated rings. The molecule has 0 aliphatic carbocycles. The van der Waals surface area contributed by atoms with Crippen LogP contribution in [0.5, 0.6) is 0 Å². The van der Waals surface area contributed by atoms with Gasteiger partial charge in [-0.2, -0.15) is 4.98 Å². The van der Waals surface area contributed by atoms with Gasteiger partial charge < -0.3 is 14.6 Å². The third-order valence-electron chi connectivity index (χ3n) is 3.83. The number of nitrogens with one attached hydrogen (secondary N) is 1. The first-order chi connectivity index (χ1) is 12.5. The van der Waals surface area contributed by atoms with Crippen molar-refractivity contribution in [2.24, 2.45) is 0 Å². The van der Waals surface area contributed by atoms with Crippen LogP contribution >= 0.6 is 0 Å². The summed E-state index contributed by atoms with van der Waals surface area (Å²) in [6.45, 7) is 3.58. The second-order valence-corrected chi connectivity index (χ2v) is 5.70. The standard InChI is InChI=1S/C19H17N3O4/c1-11-4-5-15(19(24)25-3)10-16(11)21-17(23)13-6-8-14(9-7-13)18-20-12(2)22-26-18/h4-10H,1-3H3,(H,21,23). The van der Waals surface area contributed by atoms with Gasteiger partial charge in [0.05, 0.1) is 12.7 Å². The van der Waals surface area contributed by atoms with Crippen molar-refractivity contribution in [2.75, 3.05) is 12.4 Å². The lowest BCUT2D eigenvalue weighted by atomic mass is 10.1. The largest absolute Gasteiger partial charge is 0.465 e. The van der Waals surface area contributed by atoms with Crippen molar-refractivity contribution in [3.05, 3.63) is 65.0 Å². The Kier molecular flexibility index (Phi) is 4.79. The molecule has 0 spiro atoms. The molecule has 0 unspecified atom stereocenters. The molecule has 2 aromatic carbocycles. The summed E-state index contributed by atoms with van der Waals surface area (Å²) in [6.07, 6.45) is 0. The molecule has 1 N–H and O–H groups in total. The minimum atomic E-state index is -0.459. The second-order valence-electron chi connectivity index (χ2n) is 5.70. The fourth-order valence-corrected chi connectivity index (χ4v) is 2.37. The molecule has 0 bridgehead atoms. The monoisotopic (exact) mass is 351 g/mol. The molecule has 0 saturated carbocycles. The number of aromatic nitrogens is 2. The van der Waals surface area contributed by atoms with Crippen LogP contribution in [0.2, 0.25) is 0 Å². The van der Waals surface area contributed by atoms with E-state index in [0.717, 1.165) is 11.1 Å². The van der Waals surface area contributed by atoms with E-state index in [1.165, 1.54) is 7.11 Å². The average Bonchev–Trinajstić information content (AvgIpc) is 3.09. The van der Waals surface area contributed by atoms with Crippen molar-refractivity contribution < 1.29 is 18.8 Å². The number of ether oxygens (including phenoxy) is 1. The molecule has 1 aromatic heterocycles. The van der Waals surface area contributed by atoms with Crippen molar-refractivity contribution >= 4 is 17.6 Å². The maximum atomic E-state index is 12.5. The van der Waals surface area contributed by atoms with Crippen LogP contribution in [-0.2, 0) is 4.74 Å². The molecule has 1 amide bonds. The minimum Gasteiger partial charge on any atom is -0.465 e. The number of carbonyl (C=O) groups excluding carboxylic acids is 2. The van der Waals surface area contributed by atoms with Gasteiger partial charge in [-0.15, -0.1) is 0 Å². The quantitative estimate of drug-likeness (QED) is 0.724. The highest BCUT2D eigenvalue weighted by Crippen LogP contribution is 2.21. The lowest BCUT2D eigenvalue weighted by Crippen LogP contribution is -2.13. The molecule has 132 valence electrons. The highest BCUT2D eigenvalue weighted by Gasteiger charge is 2.13. The van der Waals surface area contributed by atoms with Gasteiger partial charge in [-0.05, 0) is 55.8 Å². The number of methoxy groups -OCH3 is 1. The summed E-state index contributed by atoms with van der Waals surface area (Å²) < 4.78 is 9.81. The average molecular weight is 351 g/mol. The summed E-state index contributed by atoms with van der Waals surface area (Å²) in [5.41, 5.74) is 2.95. The van der Waals surface area contributed by atoms with E-state index in [9.17, 15) is 9.59 Å². The van der Waals surface area contributed by atoms with E-state index in [4.69, 9.17) is 9.26 Å². The Hall–Kier alpha value is -3.48. The first-order valence-electron chi connectivity index (χ1n) is 7.89. The molecule has 3 aromatic rings. The number of carbonyl (C=O) groups is 2. The third kappa shape index (κ3) is 3.61. The number of nitrogens with zero attached hydrogens (tertiary/aromatic N) is 2. The fourth-order valence-electron chi connectivity index (χ4n) is 2.37. The number of esters is 1. The molecular weight excluding hydrogens is 334 g/mol. The van der Waals surface area contributed by atoms with Crippen LogP contribution in [0.3, 0.4) is 0 Å². The summed E-state index contributed by atoms with van der Waals surface area (Å²) >= 11 is 0. The van der Waals surface area contributed by atoms with Gasteiger partial charge in [0.1, 0.15) is 0 Å². The van der Waals surface area contributed by atoms with Gasteiger partial charge in [0.15, 0.2) is 5.82 Å². The molecule has 7 heteroatoms. The van der Waals surface area contributed by atoms with E-state index < -0.39 is 5.97 Å². The fraction of sp³-hybridized carbons (Fsp3) is 0.158. The maximum Gasteiger partial charge on any atom is 0.337 e. The first-order valence-corrected chi connectivity index (χ1v) is 7.89. The molecule has 7 nitrogen and oxygen atoms in total. The predicted molar refractivity (Wildman–Crippen MR) is 94.9 cm³/mol. The Morgan fingerprint density at radius 1 is 1.04 bits per heavy atom. The van der Waals surface area contributed by atoms with E-state index >= 15 is 0 Å². The summed E-state index contributed by atoms with van der Waals surface area (Å²) in [5, 5.41) is 6.55. The topological polar surface area (TPSA) is 94.3 Å². The second kappa shape index (κ2) is 7.18. The van der Waals surface area contributed by atoms with Crippen molar-refractivity contribution in [1.29, 1.82) is 0 Å².